The molecule has 4 fully saturated rings. The van der Waals surface area contributed by atoms with Gasteiger partial charge in [0.1, 0.15) is 11.4 Å². The van der Waals surface area contributed by atoms with Gasteiger partial charge in [-0.25, -0.2) is 4.79 Å². The number of carbonyl (C=O) groups excluding carboxylic acids is 1. The SMILES string of the molecule is CC(C)(C)[Si](C)(C)OC[C@]12C[C@H](O[Si](C)(C)C(C)(C)C)[C@@]3(CCCC[C@@]13CO[Si](C)(C)C(C)(C)C)[C@]2(C)OC(=O)Oc1ccccc1. The number of ether oxygens (including phenoxy) is 2. The first-order valence-electron chi connectivity index (χ1n) is 18.1. The summed E-state index contributed by atoms with van der Waals surface area (Å²) < 4.78 is 34.7. The van der Waals surface area contributed by atoms with E-state index in [1.165, 1.54) is 0 Å². The summed E-state index contributed by atoms with van der Waals surface area (Å²) in [5.74, 6) is 0.488. The molecular weight excluding hydrogens is 637 g/mol. The van der Waals surface area contributed by atoms with Crippen LogP contribution in [0.4, 0.5) is 4.79 Å². The van der Waals surface area contributed by atoms with E-state index in [2.05, 4.69) is 109 Å². The summed E-state index contributed by atoms with van der Waals surface area (Å²) in [6.07, 6.45) is 4.24. The molecule has 5 atom stereocenters. The Kier molecular flexibility index (Phi) is 9.97. The molecule has 5 rings (SSSR count). The molecule has 0 radical (unpaired) electrons. The van der Waals surface area contributed by atoms with Crippen molar-refractivity contribution >= 4 is 31.1 Å². The second-order valence-corrected chi connectivity index (χ2v) is 34.2. The van der Waals surface area contributed by atoms with E-state index in [-0.39, 0.29) is 26.6 Å². The average molecular weight is 705 g/mol. The van der Waals surface area contributed by atoms with Crippen LogP contribution in [0.1, 0.15) is 101 Å². The van der Waals surface area contributed by atoms with Crippen molar-refractivity contribution in [1.29, 1.82) is 0 Å². The lowest BCUT2D eigenvalue weighted by atomic mass is 9.30. The topological polar surface area (TPSA) is 63.2 Å². The highest BCUT2D eigenvalue weighted by Gasteiger charge is 2.94. The zero-order chi connectivity index (χ0) is 35.8. The number of hydrogen-bond donors (Lipinski definition) is 0. The van der Waals surface area contributed by atoms with Crippen LogP contribution in [-0.4, -0.2) is 56.0 Å². The Labute approximate surface area is 290 Å². The van der Waals surface area contributed by atoms with Crippen molar-refractivity contribution in [2.75, 3.05) is 13.2 Å². The molecule has 47 heavy (non-hydrogen) atoms. The van der Waals surface area contributed by atoms with E-state index < -0.39 is 47.5 Å². The minimum absolute atomic E-state index is 0.0416. The molecule has 0 aromatic heterocycles. The Bertz CT molecular complexity index is 1290. The maximum atomic E-state index is 13.9. The van der Waals surface area contributed by atoms with Crippen molar-refractivity contribution < 1.29 is 27.5 Å². The van der Waals surface area contributed by atoms with E-state index in [1.807, 2.05) is 18.2 Å². The van der Waals surface area contributed by atoms with Crippen molar-refractivity contribution in [2.24, 2.45) is 16.2 Å². The molecule has 1 aromatic rings. The standard InChI is InChI=1S/C38H68O6Si3/c1-32(2,3)45(11,12)40-27-36-24-20-21-25-38(36)30(44-47(15,16)34(7,8)9)26-37(36,28-41-46(13,14)33(4,5)6)35(38,10)43-31(39)42-29-22-18-17-19-23-29/h17-19,22-23,30H,20-21,24-28H2,1-16H3/t30-,35+,36+,37-,38-/m0/s1. The Balaban J connectivity index is 1.90. The fourth-order valence-electron chi connectivity index (χ4n) is 8.48. The minimum atomic E-state index is -2.21. The number of fused-ring (bicyclic) bond motifs is 1. The molecule has 0 N–H and O–H groups in total. The summed E-state index contributed by atoms with van der Waals surface area (Å²) in [6.45, 7) is 38.2. The molecule has 1 aromatic carbocycles. The first-order valence-corrected chi connectivity index (χ1v) is 26.8. The van der Waals surface area contributed by atoms with Gasteiger partial charge in [-0.15, -0.1) is 0 Å². The Morgan fingerprint density at radius 2 is 1.19 bits per heavy atom. The molecule has 4 saturated carbocycles. The zero-order valence-corrected chi connectivity index (χ0v) is 35.9. The number of carbonyl (C=O) groups is 1. The van der Waals surface area contributed by atoms with Gasteiger partial charge in [0.15, 0.2) is 25.0 Å². The number of hydrogen-bond acceptors (Lipinski definition) is 6. The van der Waals surface area contributed by atoms with Crippen LogP contribution in [0.25, 0.3) is 0 Å². The summed E-state index contributed by atoms with van der Waals surface area (Å²) in [5.41, 5.74) is -1.99. The molecule has 1 spiro atoms. The van der Waals surface area contributed by atoms with Crippen molar-refractivity contribution in [3.8, 4) is 5.75 Å². The van der Waals surface area contributed by atoms with Crippen LogP contribution in [-0.2, 0) is 18.0 Å². The number of rotatable bonds is 10. The van der Waals surface area contributed by atoms with Crippen LogP contribution in [0.5, 0.6) is 5.75 Å². The molecule has 0 amide bonds. The van der Waals surface area contributed by atoms with Crippen LogP contribution in [0, 0.1) is 16.2 Å². The third-order valence-electron chi connectivity index (χ3n) is 14.5. The molecule has 9 heteroatoms. The van der Waals surface area contributed by atoms with Gasteiger partial charge in [0.05, 0.1) is 6.10 Å². The van der Waals surface area contributed by atoms with Gasteiger partial charge in [-0.05, 0) is 92.7 Å². The molecule has 0 saturated heterocycles. The third-order valence-corrected chi connectivity index (χ3v) is 27.9. The summed E-state index contributed by atoms with van der Waals surface area (Å²) in [7, 11) is -6.50. The fourth-order valence-corrected chi connectivity index (χ4v) is 11.9. The second-order valence-electron chi connectivity index (χ2n) is 19.8. The van der Waals surface area contributed by atoms with Gasteiger partial charge in [-0.3, -0.25) is 0 Å². The van der Waals surface area contributed by atoms with Gasteiger partial charge in [0, 0.05) is 29.5 Å². The monoisotopic (exact) mass is 704 g/mol. The van der Waals surface area contributed by atoms with E-state index in [9.17, 15) is 4.79 Å². The van der Waals surface area contributed by atoms with Gasteiger partial charge in [0.25, 0.3) is 0 Å². The van der Waals surface area contributed by atoms with Gasteiger partial charge in [-0.2, -0.15) is 0 Å². The first kappa shape index (κ1) is 38.8. The molecule has 268 valence electrons. The quantitative estimate of drug-likeness (QED) is 0.137. The van der Waals surface area contributed by atoms with Crippen molar-refractivity contribution in [3.05, 3.63) is 30.3 Å². The van der Waals surface area contributed by atoms with Gasteiger partial charge < -0.3 is 22.8 Å². The maximum Gasteiger partial charge on any atom is 0.514 e. The highest BCUT2D eigenvalue weighted by Crippen LogP contribution is 2.88. The van der Waals surface area contributed by atoms with E-state index in [0.29, 0.717) is 19.0 Å². The lowest BCUT2D eigenvalue weighted by Gasteiger charge is -2.76. The predicted octanol–water partition coefficient (Wildman–Crippen LogP) is 11.3. The van der Waals surface area contributed by atoms with E-state index >= 15 is 0 Å². The van der Waals surface area contributed by atoms with Gasteiger partial charge in [-0.1, -0.05) is 93.4 Å². The normalized spacial score (nSPS) is 31.6. The summed E-state index contributed by atoms with van der Waals surface area (Å²) in [4.78, 5) is 13.9. The van der Waals surface area contributed by atoms with Crippen molar-refractivity contribution in [1.82, 2.24) is 0 Å². The molecule has 0 heterocycles. The lowest BCUT2D eigenvalue weighted by molar-refractivity contribution is -0.362. The van der Waals surface area contributed by atoms with E-state index in [4.69, 9.17) is 22.8 Å². The third kappa shape index (κ3) is 5.98. The lowest BCUT2D eigenvalue weighted by Crippen LogP contribution is -2.83. The molecule has 4 aliphatic carbocycles. The highest BCUT2D eigenvalue weighted by atomic mass is 28.4. The van der Waals surface area contributed by atoms with Gasteiger partial charge in [0.2, 0.25) is 0 Å². The number of para-hydroxylation sites is 1. The van der Waals surface area contributed by atoms with Crippen LogP contribution in [0.3, 0.4) is 0 Å². The van der Waals surface area contributed by atoms with Crippen molar-refractivity contribution in [2.45, 2.75) is 167 Å². The average Bonchev–Trinajstić information content (AvgIpc) is 3.28. The summed E-state index contributed by atoms with van der Waals surface area (Å²) in [5, 5.41) is 0.163. The van der Waals surface area contributed by atoms with Crippen LogP contribution in [0.2, 0.25) is 54.4 Å². The molecule has 4 aliphatic rings. The summed E-state index contributed by atoms with van der Waals surface area (Å²) >= 11 is 0. The molecule has 0 aliphatic heterocycles. The Morgan fingerprint density at radius 1 is 0.723 bits per heavy atom. The van der Waals surface area contributed by atoms with Crippen molar-refractivity contribution in [3.63, 3.8) is 0 Å². The minimum Gasteiger partial charge on any atom is -0.426 e. The highest BCUT2D eigenvalue weighted by molar-refractivity contribution is 6.75. The molecular formula is C38H68O6Si3. The predicted molar refractivity (Wildman–Crippen MR) is 201 cm³/mol. The molecule has 0 unspecified atom stereocenters. The van der Waals surface area contributed by atoms with Crippen LogP contribution < -0.4 is 4.74 Å². The zero-order valence-electron chi connectivity index (χ0n) is 32.9. The Hall–Kier alpha value is -0.979. The molecule has 2 bridgehead atoms. The van der Waals surface area contributed by atoms with Crippen LogP contribution in [0.15, 0.2) is 30.3 Å². The molecule has 6 nitrogen and oxygen atoms in total. The fraction of sp³-hybridized carbons (Fsp3) is 0.816. The smallest absolute Gasteiger partial charge is 0.426 e. The Morgan fingerprint density at radius 3 is 1.68 bits per heavy atom. The van der Waals surface area contributed by atoms with E-state index in [0.717, 1.165) is 32.1 Å². The first-order chi connectivity index (χ1) is 21.2. The van der Waals surface area contributed by atoms with E-state index in [1.54, 1.807) is 12.1 Å². The van der Waals surface area contributed by atoms with Crippen LogP contribution >= 0.6 is 0 Å². The largest absolute Gasteiger partial charge is 0.514 e. The number of benzene rings is 1. The van der Waals surface area contributed by atoms with Gasteiger partial charge >= 0.3 is 6.16 Å². The second kappa shape index (κ2) is 12.1. The summed E-state index contributed by atoms with van der Waals surface area (Å²) in [6, 6.07) is 9.26. The maximum absolute atomic E-state index is 13.9.